The highest BCUT2D eigenvalue weighted by atomic mass is 16.5. The molecular formula is C13H24BNO4. The van der Waals surface area contributed by atoms with Crippen molar-refractivity contribution in [3.8, 4) is 0 Å². The molecule has 1 aliphatic rings. The van der Waals surface area contributed by atoms with Gasteiger partial charge in [0, 0.05) is 20.0 Å². The number of rotatable bonds is 4. The second kappa shape index (κ2) is 5.65. The van der Waals surface area contributed by atoms with Crippen LogP contribution in [0.2, 0.25) is 0 Å². The van der Waals surface area contributed by atoms with E-state index in [4.69, 9.17) is 4.65 Å². The smallest absolute Gasteiger partial charge is 0.423 e. The van der Waals surface area contributed by atoms with Crippen molar-refractivity contribution in [1.82, 2.24) is 4.90 Å². The Bertz CT molecular complexity index is 373. The number of carbonyl (C=O) groups is 1. The van der Waals surface area contributed by atoms with E-state index in [0.29, 0.717) is 19.5 Å². The van der Waals surface area contributed by atoms with E-state index in [1.807, 2.05) is 6.08 Å². The summed E-state index contributed by atoms with van der Waals surface area (Å²) in [5.41, 5.74) is -1.17. The van der Waals surface area contributed by atoms with Crippen molar-refractivity contribution >= 4 is 13.0 Å². The first-order valence-electron chi connectivity index (χ1n) is 6.57. The normalized spacial score (nSPS) is 17.2. The first-order chi connectivity index (χ1) is 8.54. The molecule has 19 heavy (non-hydrogen) atoms. The molecule has 1 heterocycles. The number of amides is 1. The second-order valence-corrected chi connectivity index (χ2v) is 6.03. The van der Waals surface area contributed by atoms with Crippen molar-refractivity contribution in [2.45, 2.75) is 52.2 Å². The molecular weight excluding hydrogens is 245 g/mol. The standard InChI is InChI=1S/C13H24BNO4/c1-10(16)15-8-6-11(7-9-15)14(18)19-13(4,5)12(2,3)17/h6,17-18H,7-9H2,1-5H3. The van der Waals surface area contributed by atoms with E-state index < -0.39 is 18.3 Å². The van der Waals surface area contributed by atoms with Gasteiger partial charge in [-0.25, -0.2) is 0 Å². The third-order valence-corrected chi connectivity index (χ3v) is 3.89. The molecule has 0 spiro atoms. The van der Waals surface area contributed by atoms with Crippen LogP contribution in [-0.4, -0.2) is 52.3 Å². The Balaban J connectivity index is 2.66. The lowest BCUT2D eigenvalue weighted by molar-refractivity contribution is -0.128. The van der Waals surface area contributed by atoms with Crippen LogP contribution in [0.1, 0.15) is 41.0 Å². The lowest BCUT2D eigenvalue weighted by Gasteiger charge is -2.39. The van der Waals surface area contributed by atoms with Crippen molar-refractivity contribution < 1.29 is 19.6 Å². The molecule has 0 radical (unpaired) electrons. The first kappa shape index (κ1) is 16.2. The largest absolute Gasteiger partial charge is 0.487 e. The van der Waals surface area contributed by atoms with Gasteiger partial charge in [0.15, 0.2) is 0 Å². The number of hydrogen-bond acceptors (Lipinski definition) is 4. The summed E-state index contributed by atoms with van der Waals surface area (Å²) in [6.45, 7) is 9.38. The maximum absolute atomic E-state index is 11.2. The summed E-state index contributed by atoms with van der Waals surface area (Å²) in [5, 5.41) is 20.1. The van der Waals surface area contributed by atoms with Gasteiger partial charge < -0.3 is 19.7 Å². The predicted molar refractivity (Wildman–Crippen MR) is 74.4 cm³/mol. The van der Waals surface area contributed by atoms with Gasteiger partial charge in [-0.1, -0.05) is 6.08 Å². The molecule has 0 aromatic rings. The van der Waals surface area contributed by atoms with Crippen LogP contribution in [0.25, 0.3) is 0 Å². The minimum Gasteiger partial charge on any atom is -0.423 e. The van der Waals surface area contributed by atoms with Gasteiger partial charge in [0.2, 0.25) is 5.91 Å². The zero-order valence-corrected chi connectivity index (χ0v) is 12.4. The third kappa shape index (κ3) is 4.06. The van der Waals surface area contributed by atoms with E-state index in [2.05, 4.69) is 0 Å². The topological polar surface area (TPSA) is 70.0 Å². The molecule has 0 unspecified atom stereocenters. The Morgan fingerprint density at radius 3 is 2.37 bits per heavy atom. The summed E-state index contributed by atoms with van der Waals surface area (Å²) in [4.78, 5) is 12.9. The highest BCUT2D eigenvalue weighted by Crippen LogP contribution is 2.27. The zero-order chi connectivity index (χ0) is 14.8. The molecule has 5 nitrogen and oxygen atoms in total. The van der Waals surface area contributed by atoms with Gasteiger partial charge in [-0.05, 0) is 39.6 Å². The third-order valence-electron chi connectivity index (χ3n) is 3.89. The molecule has 0 saturated heterocycles. The maximum Gasteiger partial charge on any atom is 0.487 e. The predicted octanol–water partition coefficient (Wildman–Crippen LogP) is 0.751. The van der Waals surface area contributed by atoms with E-state index in [1.54, 1.807) is 32.6 Å². The van der Waals surface area contributed by atoms with Gasteiger partial charge in [-0.2, -0.15) is 0 Å². The van der Waals surface area contributed by atoms with Crippen LogP contribution < -0.4 is 0 Å². The molecule has 6 heteroatoms. The van der Waals surface area contributed by atoms with Crippen molar-refractivity contribution in [1.29, 1.82) is 0 Å². The number of carbonyl (C=O) groups excluding carboxylic acids is 1. The Hall–Kier alpha value is -0.845. The molecule has 1 aliphatic heterocycles. The molecule has 0 atom stereocenters. The van der Waals surface area contributed by atoms with Crippen LogP contribution in [-0.2, 0) is 9.45 Å². The van der Waals surface area contributed by atoms with Gasteiger partial charge in [0.1, 0.15) is 0 Å². The molecule has 1 amide bonds. The summed E-state index contributed by atoms with van der Waals surface area (Å²) >= 11 is 0. The molecule has 0 aromatic heterocycles. The molecule has 0 aromatic carbocycles. The highest BCUT2D eigenvalue weighted by molar-refractivity contribution is 6.52. The summed E-state index contributed by atoms with van der Waals surface area (Å²) in [6, 6.07) is 0. The van der Waals surface area contributed by atoms with Crippen LogP contribution in [0.5, 0.6) is 0 Å². The summed E-state index contributed by atoms with van der Waals surface area (Å²) in [7, 11) is -1.05. The maximum atomic E-state index is 11.2. The van der Waals surface area contributed by atoms with Crippen molar-refractivity contribution in [3.05, 3.63) is 11.5 Å². The monoisotopic (exact) mass is 269 g/mol. The van der Waals surface area contributed by atoms with Crippen molar-refractivity contribution in [2.24, 2.45) is 0 Å². The van der Waals surface area contributed by atoms with Gasteiger partial charge in [-0.3, -0.25) is 4.79 Å². The van der Waals surface area contributed by atoms with E-state index in [1.165, 1.54) is 6.92 Å². The Labute approximate surface area is 115 Å². The molecule has 2 N–H and O–H groups in total. The quantitative estimate of drug-likeness (QED) is 0.739. The molecule has 0 fully saturated rings. The van der Waals surface area contributed by atoms with Crippen molar-refractivity contribution in [3.63, 3.8) is 0 Å². The fourth-order valence-electron chi connectivity index (χ4n) is 1.69. The van der Waals surface area contributed by atoms with E-state index in [-0.39, 0.29) is 5.91 Å². The van der Waals surface area contributed by atoms with Crippen molar-refractivity contribution in [2.75, 3.05) is 13.1 Å². The average molecular weight is 269 g/mol. The lowest BCUT2D eigenvalue weighted by atomic mass is 9.73. The minimum atomic E-state index is -1.06. The van der Waals surface area contributed by atoms with E-state index in [0.717, 1.165) is 5.47 Å². The van der Waals surface area contributed by atoms with Gasteiger partial charge in [-0.15, -0.1) is 0 Å². The van der Waals surface area contributed by atoms with Crippen LogP contribution in [0.4, 0.5) is 0 Å². The summed E-state index contributed by atoms with van der Waals surface area (Å²) in [6.07, 6.45) is 2.40. The van der Waals surface area contributed by atoms with Crippen LogP contribution in [0.15, 0.2) is 11.5 Å². The highest BCUT2D eigenvalue weighted by Gasteiger charge is 2.40. The van der Waals surface area contributed by atoms with E-state index >= 15 is 0 Å². The summed E-state index contributed by atoms with van der Waals surface area (Å²) < 4.78 is 5.57. The Kier molecular flexibility index (Phi) is 4.82. The van der Waals surface area contributed by atoms with Crippen LogP contribution in [0, 0.1) is 0 Å². The van der Waals surface area contributed by atoms with Crippen LogP contribution in [0.3, 0.4) is 0 Å². The molecule has 108 valence electrons. The Morgan fingerprint density at radius 1 is 1.42 bits per heavy atom. The van der Waals surface area contributed by atoms with Crippen LogP contribution >= 0.6 is 0 Å². The fraction of sp³-hybridized carbons (Fsp3) is 0.769. The number of aliphatic hydroxyl groups is 1. The zero-order valence-electron chi connectivity index (χ0n) is 12.4. The second-order valence-electron chi connectivity index (χ2n) is 6.03. The molecule has 1 rings (SSSR count). The average Bonchev–Trinajstić information content (AvgIpc) is 2.27. The number of hydrogen-bond donors (Lipinski definition) is 2. The van der Waals surface area contributed by atoms with Gasteiger partial charge in [0.05, 0.1) is 11.2 Å². The number of nitrogens with zero attached hydrogens (tertiary/aromatic N) is 1. The van der Waals surface area contributed by atoms with Gasteiger partial charge >= 0.3 is 7.12 Å². The first-order valence-corrected chi connectivity index (χ1v) is 6.57. The summed E-state index contributed by atoms with van der Waals surface area (Å²) in [5.74, 6) is 0.0301. The molecule has 0 saturated carbocycles. The van der Waals surface area contributed by atoms with E-state index in [9.17, 15) is 14.9 Å². The lowest BCUT2D eigenvalue weighted by Crippen LogP contribution is -2.51. The molecule has 0 aliphatic carbocycles. The Morgan fingerprint density at radius 2 is 2.00 bits per heavy atom. The minimum absolute atomic E-state index is 0.0301. The molecule has 0 bridgehead atoms. The SMILES string of the molecule is CC(=O)N1CC=C(B(O)OC(C)(C)C(C)(C)O)CC1. The fourth-order valence-corrected chi connectivity index (χ4v) is 1.69. The van der Waals surface area contributed by atoms with Gasteiger partial charge in [0.25, 0.3) is 0 Å².